The Morgan fingerprint density at radius 1 is 1.22 bits per heavy atom. The predicted octanol–water partition coefficient (Wildman–Crippen LogP) is 2.60. The Balaban J connectivity index is 2.38. The van der Waals surface area contributed by atoms with Crippen LogP contribution in [0.1, 0.15) is 11.4 Å². The van der Waals surface area contributed by atoms with Crippen LogP contribution < -0.4 is 0 Å². The second-order valence-electron chi connectivity index (χ2n) is 4.06. The summed E-state index contributed by atoms with van der Waals surface area (Å²) in [6, 6.07) is 13.7. The van der Waals surface area contributed by atoms with E-state index in [0.29, 0.717) is 11.6 Å². The summed E-state index contributed by atoms with van der Waals surface area (Å²) in [4.78, 5) is 8.60. The standard InChI is InChI=1S/C14H10N4/c1-10-5-6-12-11(8-10)17-14(9-15)18(12)13-4-2-3-7-16-13/h2-8H,1H3. The van der Waals surface area contributed by atoms with E-state index in [1.807, 2.05) is 43.3 Å². The van der Waals surface area contributed by atoms with Crippen LogP contribution >= 0.6 is 0 Å². The SMILES string of the molecule is Cc1ccc2c(c1)nc(C#N)n2-c1ccccn1. The van der Waals surface area contributed by atoms with Gasteiger partial charge in [0.25, 0.3) is 0 Å². The first-order chi connectivity index (χ1) is 8.79. The quantitative estimate of drug-likeness (QED) is 0.650. The molecule has 0 amide bonds. The molecule has 1 aromatic carbocycles. The number of hydrogen-bond acceptors (Lipinski definition) is 3. The third kappa shape index (κ3) is 1.54. The highest BCUT2D eigenvalue weighted by molar-refractivity contribution is 5.79. The maximum atomic E-state index is 9.19. The fraction of sp³-hybridized carbons (Fsp3) is 0.0714. The van der Waals surface area contributed by atoms with Crippen molar-refractivity contribution < 1.29 is 0 Å². The van der Waals surface area contributed by atoms with Gasteiger partial charge in [-0.15, -0.1) is 0 Å². The van der Waals surface area contributed by atoms with Crippen LogP contribution in [-0.4, -0.2) is 14.5 Å². The average Bonchev–Trinajstić information content (AvgIpc) is 2.77. The lowest BCUT2D eigenvalue weighted by atomic mass is 10.2. The molecule has 0 atom stereocenters. The van der Waals surface area contributed by atoms with Gasteiger partial charge in [0.15, 0.2) is 0 Å². The van der Waals surface area contributed by atoms with E-state index in [1.54, 1.807) is 10.8 Å². The molecule has 0 bridgehead atoms. The van der Waals surface area contributed by atoms with E-state index >= 15 is 0 Å². The highest BCUT2D eigenvalue weighted by Gasteiger charge is 2.12. The molecule has 2 aromatic heterocycles. The summed E-state index contributed by atoms with van der Waals surface area (Å²) >= 11 is 0. The molecule has 0 saturated heterocycles. The summed E-state index contributed by atoms with van der Waals surface area (Å²) < 4.78 is 1.77. The van der Waals surface area contributed by atoms with Crippen molar-refractivity contribution in [3.8, 4) is 11.9 Å². The third-order valence-corrected chi connectivity index (χ3v) is 2.79. The van der Waals surface area contributed by atoms with Crippen molar-refractivity contribution in [2.45, 2.75) is 6.92 Å². The van der Waals surface area contributed by atoms with Gasteiger partial charge < -0.3 is 0 Å². The van der Waals surface area contributed by atoms with Crippen LogP contribution in [0.25, 0.3) is 16.9 Å². The van der Waals surface area contributed by atoms with Gasteiger partial charge >= 0.3 is 0 Å². The predicted molar refractivity (Wildman–Crippen MR) is 68.3 cm³/mol. The third-order valence-electron chi connectivity index (χ3n) is 2.79. The molecule has 0 aliphatic heterocycles. The van der Waals surface area contributed by atoms with Crippen LogP contribution in [0.5, 0.6) is 0 Å². The summed E-state index contributed by atoms with van der Waals surface area (Å²) in [6.45, 7) is 2.01. The number of benzene rings is 1. The molecule has 4 heteroatoms. The van der Waals surface area contributed by atoms with Gasteiger partial charge in [0, 0.05) is 6.20 Å². The number of pyridine rings is 1. The molecular weight excluding hydrogens is 224 g/mol. The number of aromatic nitrogens is 3. The Labute approximate surface area is 104 Å². The minimum Gasteiger partial charge on any atom is -0.268 e. The van der Waals surface area contributed by atoms with E-state index in [4.69, 9.17) is 0 Å². The Morgan fingerprint density at radius 2 is 2.11 bits per heavy atom. The van der Waals surface area contributed by atoms with Crippen LogP contribution in [0.3, 0.4) is 0 Å². The fourth-order valence-electron chi connectivity index (χ4n) is 1.98. The molecular formula is C14H10N4. The zero-order valence-electron chi connectivity index (χ0n) is 9.83. The van der Waals surface area contributed by atoms with Crippen LogP contribution in [0, 0.1) is 18.3 Å². The molecule has 0 spiro atoms. The first-order valence-corrected chi connectivity index (χ1v) is 5.60. The molecule has 3 rings (SSSR count). The summed E-state index contributed by atoms with van der Waals surface area (Å²) in [5.74, 6) is 1.06. The summed E-state index contributed by atoms with van der Waals surface area (Å²) in [5, 5.41) is 9.19. The Hall–Kier alpha value is -2.67. The Bertz CT molecular complexity index is 751. The van der Waals surface area contributed by atoms with Crippen molar-refractivity contribution in [3.63, 3.8) is 0 Å². The molecule has 4 nitrogen and oxygen atoms in total. The van der Waals surface area contributed by atoms with Gasteiger partial charge in [0.05, 0.1) is 11.0 Å². The zero-order valence-corrected chi connectivity index (χ0v) is 9.83. The van der Waals surface area contributed by atoms with Gasteiger partial charge in [-0.1, -0.05) is 12.1 Å². The van der Waals surface area contributed by atoms with Crippen molar-refractivity contribution in [1.82, 2.24) is 14.5 Å². The smallest absolute Gasteiger partial charge is 0.219 e. The zero-order chi connectivity index (χ0) is 12.5. The average molecular weight is 234 g/mol. The van der Waals surface area contributed by atoms with E-state index in [0.717, 1.165) is 16.6 Å². The van der Waals surface area contributed by atoms with E-state index in [9.17, 15) is 5.26 Å². The molecule has 86 valence electrons. The van der Waals surface area contributed by atoms with Gasteiger partial charge in [-0.25, -0.2) is 9.97 Å². The first-order valence-electron chi connectivity index (χ1n) is 5.60. The normalized spacial score (nSPS) is 10.4. The molecule has 0 aliphatic rings. The van der Waals surface area contributed by atoms with Gasteiger partial charge in [-0.05, 0) is 36.8 Å². The maximum Gasteiger partial charge on any atom is 0.219 e. The van der Waals surface area contributed by atoms with E-state index < -0.39 is 0 Å². The Kier molecular flexibility index (Phi) is 2.31. The molecule has 0 saturated carbocycles. The molecule has 2 heterocycles. The topological polar surface area (TPSA) is 54.5 Å². The number of rotatable bonds is 1. The van der Waals surface area contributed by atoms with Crippen molar-refractivity contribution in [2.75, 3.05) is 0 Å². The summed E-state index contributed by atoms with van der Waals surface area (Å²) in [5.41, 5.74) is 2.84. The summed E-state index contributed by atoms with van der Waals surface area (Å²) in [7, 11) is 0. The number of hydrogen-bond donors (Lipinski definition) is 0. The first kappa shape index (κ1) is 10.5. The lowest BCUT2D eigenvalue weighted by Gasteiger charge is -2.03. The minimum absolute atomic E-state index is 0.356. The number of imidazole rings is 1. The van der Waals surface area contributed by atoms with E-state index in [-0.39, 0.29) is 0 Å². The fourth-order valence-corrected chi connectivity index (χ4v) is 1.98. The number of fused-ring (bicyclic) bond motifs is 1. The molecule has 0 fully saturated rings. The molecule has 0 aliphatic carbocycles. The second kappa shape index (κ2) is 3.97. The molecule has 3 aromatic rings. The monoisotopic (exact) mass is 234 g/mol. The van der Waals surface area contributed by atoms with Gasteiger partial charge in [-0.2, -0.15) is 5.26 Å². The van der Waals surface area contributed by atoms with Gasteiger partial charge in [0.2, 0.25) is 5.82 Å². The molecule has 0 radical (unpaired) electrons. The second-order valence-corrected chi connectivity index (χ2v) is 4.06. The van der Waals surface area contributed by atoms with Crippen molar-refractivity contribution in [2.24, 2.45) is 0 Å². The molecule has 0 N–H and O–H groups in total. The van der Waals surface area contributed by atoms with Crippen molar-refractivity contribution in [1.29, 1.82) is 5.26 Å². The minimum atomic E-state index is 0.356. The Morgan fingerprint density at radius 3 is 2.83 bits per heavy atom. The highest BCUT2D eigenvalue weighted by Crippen LogP contribution is 2.20. The van der Waals surface area contributed by atoms with Crippen molar-refractivity contribution >= 4 is 11.0 Å². The molecule has 18 heavy (non-hydrogen) atoms. The largest absolute Gasteiger partial charge is 0.268 e. The highest BCUT2D eigenvalue weighted by atomic mass is 15.1. The van der Waals surface area contributed by atoms with Gasteiger partial charge in [-0.3, -0.25) is 4.57 Å². The van der Waals surface area contributed by atoms with Crippen LogP contribution in [0.15, 0.2) is 42.6 Å². The van der Waals surface area contributed by atoms with E-state index in [1.165, 1.54) is 0 Å². The van der Waals surface area contributed by atoms with Crippen LogP contribution in [0.2, 0.25) is 0 Å². The number of nitrogens with zero attached hydrogens (tertiary/aromatic N) is 4. The molecule has 0 unspecified atom stereocenters. The summed E-state index contributed by atoms with van der Waals surface area (Å²) in [6.07, 6.45) is 1.70. The van der Waals surface area contributed by atoms with Gasteiger partial charge in [0.1, 0.15) is 11.9 Å². The lowest BCUT2D eigenvalue weighted by molar-refractivity contribution is 0.994. The number of nitriles is 1. The number of aryl methyl sites for hydroxylation is 1. The van der Waals surface area contributed by atoms with Crippen LogP contribution in [-0.2, 0) is 0 Å². The lowest BCUT2D eigenvalue weighted by Crippen LogP contribution is -1.99. The van der Waals surface area contributed by atoms with Crippen molar-refractivity contribution in [3.05, 3.63) is 54.0 Å². The maximum absolute atomic E-state index is 9.19. The van der Waals surface area contributed by atoms with Crippen LogP contribution in [0.4, 0.5) is 0 Å². The van der Waals surface area contributed by atoms with E-state index in [2.05, 4.69) is 16.0 Å².